The number of hydrogen-bond acceptors (Lipinski definition) is 3. The highest BCUT2D eigenvalue weighted by Gasteiger charge is 2.28. The van der Waals surface area contributed by atoms with Crippen molar-refractivity contribution in [3.63, 3.8) is 0 Å². The Balaban J connectivity index is 1.79. The molecule has 1 N–H and O–H groups in total. The van der Waals surface area contributed by atoms with Crippen LogP contribution in [0.25, 0.3) is 11.0 Å². The highest BCUT2D eigenvalue weighted by Crippen LogP contribution is 2.31. The lowest BCUT2D eigenvalue weighted by atomic mass is 9.97. The molecule has 1 aliphatic heterocycles. The summed E-state index contributed by atoms with van der Waals surface area (Å²) in [6, 6.07) is 3.52. The molecule has 0 aliphatic carbocycles. The van der Waals surface area contributed by atoms with Gasteiger partial charge in [-0.05, 0) is 31.9 Å². The predicted molar refractivity (Wildman–Crippen MR) is 89.1 cm³/mol. The smallest absolute Gasteiger partial charge is 0.213 e. The van der Waals surface area contributed by atoms with E-state index in [9.17, 15) is 8.42 Å². The van der Waals surface area contributed by atoms with Crippen molar-refractivity contribution in [1.29, 1.82) is 0 Å². The summed E-state index contributed by atoms with van der Waals surface area (Å²) < 4.78 is 25.3. The van der Waals surface area contributed by atoms with Crippen molar-refractivity contribution in [2.24, 2.45) is 0 Å². The molecule has 1 fully saturated rings. The fourth-order valence-electron chi connectivity index (χ4n) is 2.81. The van der Waals surface area contributed by atoms with E-state index in [0.29, 0.717) is 23.1 Å². The molecular weight excluding hydrogens is 345 g/mol. The summed E-state index contributed by atoms with van der Waals surface area (Å²) >= 11 is 12.0. The van der Waals surface area contributed by atoms with Gasteiger partial charge in [-0.3, -0.25) is 0 Å². The summed E-state index contributed by atoms with van der Waals surface area (Å²) in [5.74, 6) is 1.26. The second-order valence-electron chi connectivity index (χ2n) is 5.48. The van der Waals surface area contributed by atoms with E-state index in [2.05, 4.69) is 9.97 Å². The van der Waals surface area contributed by atoms with Gasteiger partial charge in [0.05, 0.1) is 26.8 Å². The van der Waals surface area contributed by atoms with Crippen LogP contribution < -0.4 is 0 Å². The quantitative estimate of drug-likeness (QED) is 0.910. The van der Waals surface area contributed by atoms with E-state index in [1.165, 1.54) is 0 Å². The minimum Gasteiger partial charge on any atom is -0.342 e. The van der Waals surface area contributed by atoms with Crippen molar-refractivity contribution in [3.8, 4) is 0 Å². The Morgan fingerprint density at radius 1 is 1.27 bits per heavy atom. The van der Waals surface area contributed by atoms with E-state index in [0.717, 1.165) is 29.7 Å². The van der Waals surface area contributed by atoms with Gasteiger partial charge in [0.2, 0.25) is 10.0 Å². The van der Waals surface area contributed by atoms with Crippen LogP contribution in [0.4, 0.5) is 0 Å². The standard InChI is InChI=1S/C14H17Cl2N3O2S/c1-2-22(20,21)19-5-3-9(4-6-19)14-17-12-7-10(15)11(16)8-13(12)18-14/h7-9H,2-6H2,1H3,(H,17,18). The van der Waals surface area contributed by atoms with Crippen LogP contribution in [0, 0.1) is 0 Å². The SMILES string of the molecule is CCS(=O)(=O)N1CCC(c2nc3cc(Cl)c(Cl)cc3[nH]2)CC1. The molecule has 1 aromatic carbocycles. The molecule has 120 valence electrons. The highest BCUT2D eigenvalue weighted by molar-refractivity contribution is 7.89. The number of hydrogen-bond donors (Lipinski definition) is 1. The summed E-state index contributed by atoms with van der Waals surface area (Å²) in [4.78, 5) is 7.86. The first-order chi connectivity index (χ1) is 10.4. The predicted octanol–water partition coefficient (Wildman–Crippen LogP) is 3.40. The number of benzene rings is 1. The van der Waals surface area contributed by atoms with E-state index >= 15 is 0 Å². The van der Waals surface area contributed by atoms with E-state index in [1.807, 2.05) is 0 Å². The second-order valence-corrected chi connectivity index (χ2v) is 8.55. The molecule has 0 bridgehead atoms. The lowest BCUT2D eigenvalue weighted by Crippen LogP contribution is -2.38. The van der Waals surface area contributed by atoms with Crippen molar-refractivity contribution in [1.82, 2.24) is 14.3 Å². The molecule has 3 rings (SSSR count). The summed E-state index contributed by atoms with van der Waals surface area (Å²) in [7, 11) is -3.09. The Hall–Kier alpha value is -0.820. The van der Waals surface area contributed by atoms with Gasteiger partial charge >= 0.3 is 0 Å². The zero-order valence-corrected chi connectivity index (χ0v) is 14.5. The number of halogens is 2. The Labute approximate surface area is 139 Å². The number of fused-ring (bicyclic) bond motifs is 1. The molecule has 0 atom stereocenters. The van der Waals surface area contributed by atoms with Crippen LogP contribution in [0.2, 0.25) is 10.0 Å². The number of aromatic amines is 1. The van der Waals surface area contributed by atoms with Gasteiger partial charge in [0.25, 0.3) is 0 Å². The largest absolute Gasteiger partial charge is 0.342 e. The minimum absolute atomic E-state index is 0.152. The molecule has 8 heteroatoms. The Morgan fingerprint density at radius 3 is 2.55 bits per heavy atom. The average molecular weight is 362 g/mol. The monoisotopic (exact) mass is 361 g/mol. The molecule has 0 spiro atoms. The van der Waals surface area contributed by atoms with Crippen molar-refractivity contribution in [2.75, 3.05) is 18.8 Å². The third kappa shape index (κ3) is 2.97. The van der Waals surface area contributed by atoms with Crippen LogP contribution in [0.5, 0.6) is 0 Å². The molecule has 2 aromatic rings. The summed E-state index contributed by atoms with van der Waals surface area (Å²) in [6.07, 6.45) is 1.53. The molecule has 22 heavy (non-hydrogen) atoms. The van der Waals surface area contributed by atoms with Gasteiger partial charge in [0, 0.05) is 19.0 Å². The maximum Gasteiger partial charge on any atom is 0.213 e. The molecule has 2 heterocycles. The summed E-state index contributed by atoms with van der Waals surface area (Å²) in [5, 5.41) is 0.976. The zero-order valence-electron chi connectivity index (χ0n) is 12.1. The second kappa shape index (κ2) is 6.00. The molecule has 0 amide bonds. The fraction of sp³-hybridized carbons (Fsp3) is 0.500. The van der Waals surface area contributed by atoms with Gasteiger partial charge in [-0.2, -0.15) is 0 Å². The topological polar surface area (TPSA) is 66.1 Å². The first kappa shape index (κ1) is 16.1. The maximum atomic E-state index is 11.9. The fourth-order valence-corrected chi connectivity index (χ4v) is 4.26. The molecular formula is C14H17Cl2N3O2S. The molecule has 0 saturated carbocycles. The number of aromatic nitrogens is 2. The molecule has 0 radical (unpaired) electrons. The number of nitrogens with zero attached hydrogens (tertiary/aromatic N) is 2. The molecule has 1 aromatic heterocycles. The number of imidazole rings is 1. The van der Waals surface area contributed by atoms with Gasteiger partial charge in [-0.15, -0.1) is 0 Å². The Kier molecular flexibility index (Phi) is 4.38. The molecule has 5 nitrogen and oxygen atoms in total. The van der Waals surface area contributed by atoms with Crippen molar-refractivity contribution in [2.45, 2.75) is 25.7 Å². The molecule has 1 aliphatic rings. The normalized spacial score (nSPS) is 18.1. The van der Waals surface area contributed by atoms with Crippen LogP contribution in [0.3, 0.4) is 0 Å². The van der Waals surface area contributed by atoms with Crippen LogP contribution in [0.1, 0.15) is 31.5 Å². The average Bonchev–Trinajstić information content (AvgIpc) is 2.90. The van der Waals surface area contributed by atoms with Crippen molar-refractivity contribution < 1.29 is 8.42 Å². The molecule has 1 saturated heterocycles. The number of H-pyrrole nitrogens is 1. The maximum absolute atomic E-state index is 11.9. The van der Waals surface area contributed by atoms with Crippen LogP contribution in [0.15, 0.2) is 12.1 Å². The van der Waals surface area contributed by atoms with Gasteiger partial charge < -0.3 is 4.98 Å². The van der Waals surface area contributed by atoms with Gasteiger partial charge in [0.15, 0.2) is 0 Å². The van der Waals surface area contributed by atoms with Crippen LogP contribution in [-0.2, 0) is 10.0 Å². The molecule has 0 unspecified atom stereocenters. The van der Waals surface area contributed by atoms with Crippen LogP contribution >= 0.6 is 23.2 Å². The van der Waals surface area contributed by atoms with E-state index in [1.54, 1.807) is 23.4 Å². The number of piperidine rings is 1. The van der Waals surface area contributed by atoms with Crippen molar-refractivity contribution in [3.05, 3.63) is 28.0 Å². The first-order valence-corrected chi connectivity index (χ1v) is 9.59. The number of rotatable bonds is 3. The van der Waals surface area contributed by atoms with Gasteiger partial charge in [-0.25, -0.2) is 17.7 Å². The van der Waals surface area contributed by atoms with E-state index in [4.69, 9.17) is 23.2 Å². The number of sulfonamides is 1. The first-order valence-electron chi connectivity index (χ1n) is 7.23. The van der Waals surface area contributed by atoms with Crippen LogP contribution in [-0.4, -0.2) is 41.5 Å². The van der Waals surface area contributed by atoms with E-state index < -0.39 is 10.0 Å². The highest BCUT2D eigenvalue weighted by atomic mass is 35.5. The lowest BCUT2D eigenvalue weighted by molar-refractivity contribution is 0.315. The third-order valence-electron chi connectivity index (χ3n) is 4.14. The minimum atomic E-state index is -3.09. The third-order valence-corrected chi connectivity index (χ3v) is 6.74. The number of nitrogens with one attached hydrogen (secondary N) is 1. The lowest BCUT2D eigenvalue weighted by Gasteiger charge is -2.29. The summed E-state index contributed by atoms with van der Waals surface area (Å²) in [5.41, 5.74) is 1.64. The van der Waals surface area contributed by atoms with Crippen molar-refractivity contribution >= 4 is 44.3 Å². The van der Waals surface area contributed by atoms with E-state index in [-0.39, 0.29) is 11.7 Å². The van der Waals surface area contributed by atoms with Gasteiger partial charge in [0.1, 0.15) is 5.82 Å². The summed E-state index contributed by atoms with van der Waals surface area (Å²) in [6.45, 7) is 2.76. The zero-order chi connectivity index (χ0) is 15.9. The van der Waals surface area contributed by atoms with Gasteiger partial charge in [-0.1, -0.05) is 23.2 Å². The Morgan fingerprint density at radius 2 is 1.91 bits per heavy atom. The Bertz CT molecular complexity index is 757.